The summed E-state index contributed by atoms with van der Waals surface area (Å²) in [7, 11) is 4.10. The Bertz CT molecular complexity index is 987. The third-order valence-electron chi connectivity index (χ3n) is 4.65. The molecule has 3 aromatic rings. The standard InChI is InChI=1S/C22H28N4O2S2/c1-15-16(2)30-22-20(15)21(23-14-24-22)29-13-10-19(27)25-17-6-8-18(9-7-17)28-12-5-11-26(3)4/h6-9,14H,5,10-13H2,1-4H3,(H,25,27). The van der Waals surface area contributed by atoms with Crippen LogP contribution >= 0.6 is 23.1 Å². The number of hydrogen-bond acceptors (Lipinski definition) is 7. The Morgan fingerprint density at radius 3 is 2.70 bits per heavy atom. The molecule has 2 aromatic heterocycles. The van der Waals surface area contributed by atoms with Crippen LogP contribution < -0.4 is 10.1 Å². The number of carbonyl (C=O) groups is 1. The summed E-state index contributed by atoms with van der Waals surface area (Å²) in [5.74, 6) is 1.47. The highest BCUT2D eigenvalue weighted by atomic mass is 32.2. The van der Waals surface area contributed by atoms with Gasteiger partial charge >= 0.3 is 0 Å². The number of hydrogen-bond donors (Lipinski definition) is 1. The zero-order valence-corrected chi connectivity index (χ0v) is 19.5. The number of nitrogens with zero attached hydrogens (tertiary/aromatic N) is 3. The molecule has 0 saturated carbocycles. The summed E-state index contributed by atoms with van der Waals surface area (Å²) >= 11 is 3.29. The minimum Gasteiger partial charge on any atom is -0.494 e. The number of benzene rings is 1. The average molecular weight is 445 g/mol. The van der Waals surface area contributed by atoms with Gasteiger partial charge in [0.15, 0.2) is 0 Å². The Balaban J connectivity index is 1.45. The molecule has 0 bridgehead atoms. The van der Waals surface area contributed by atoms with Gasteiger partial charge in [0.25, 0.3) is 0 Å². The fourth-order valence-electron chi connectivity index (χ4n) is 2.93. The summed E-state index contributed by atoms with van der Waals surface area (Å²) in [6.07, 6.45) is 3.00. The minimum atomic E-state index is -0.00864. The van der Waals surface area contributed by atoms with E-state index in [-0.39, 0.29) is 5.91 Å². The molecule has 1 amide bonds. The second-order valence-electron chi connectivity index (χ2n) is 7.32. The molecule has 0 fully saturated rings. The molecule has 3 rings (SSSR count). The molecule has 6 nitrogen and oxygen atoms in total. The molecule has 0 radical (unpaired) electrons. The van der Waals surface area contributed by atoms with E-state index in [1.807, 2.05) is 38.4 Å². The van der Waals surface area contributed by atoms with Crippen molar-refractivity contribution in [2.24, 2.45) is 0 Å². The van der Waals surface area contributed by atoms with Gasteiger partial charge in [-0.1, -0.05) is 0 Å². The quantitative estimate of drug-likeness (QED) is 0.276. The molecular weight excluding hydrogens is 416 g/mol. The highest BCUT2D eigenvalue weighted by molar-refractivity contribution is 7.99. The molecule has 2 heterocycles. The van der Waals surface area contributed by atoms with Crippen LogP contribution in [0.1, 0.15) is 23.3 Å². The van der Waals surface area contributed by atoms with E-state index in [1.54, 1.807) is 29.4 Å². The zero-order chi connectivity index (χ0) is 21.5. The van der Waals surface area contributed by atoms with Gasteiger partial charge in [-0.3, -0.25) is 4.79 Å². The molecule has 1 N–H and O–H groups in total. The van der Waals surface area contributed by atoms with Crippen molar-refractivity contribution in [2.45, 2.75) is 31.7 Å². The molecular formula is C22H28N4O2S2. The van der Waals surface area contributed by atoms with Crippen LogP contribution in [0.15, 0.2) is 35.6 Å². The van der Waals surface area contributed by atoms with Crippen LogP contribution in [0.25, 0.3) is 10.2 Å². The molecule has 0 spiro atoms. The second-order valence-corrected chi connectivity index (χ2v) is 9.61. The van der Waals surface area contributed by atoms with Gasteiger partial charge in [0.05, 0.1) is 6.61 Å². The summed E-state index contributed by atoms with van der Waals surface area (Å²) in [4.78, 5) is 25.5. The smallest absolute Gasteiger partial charge is 0.225 e. The number of rotatable bonds is 10. The van der Waals surface area contributed by atoms with Crippen LogP contribution in [0.2, 0.25) is 0 Å². The lowest BCUT2D eigenvalue weighted by Gasteiger charge is -2.11. The van der Waals surface area contributed by atoms with Crippen molar-refractivity contribution in [3.8, 4) is 5.75 Å². The van der Waals surface area contributed by atoms with Gasteiger partial charge in [0.2, 0.25) is 5.91 Å². The number of ether oxygens (including phenoxy) is 1. The second kappa shape index (κ2) is 10.7. The lowest BCUT2D eigenvalue weighted by molar-refractivity contribution is -0.115. The maximum absolute atomic E-state index is 12.3. The fourth-order valence-corrected chi connectivity index (χ4v) is 4.99. The number of carbonyl (C=O) groups excluding carboxylic acids is 1. The van der Waals surface area contributed by atoms with Crippen LogP contribution in [-0.2, 0) is 4.79 Å². The number of aromatic nitrogens is 2. The number of amides is 1. The lowest BCUT2D eigenvalue weighted by atomic mass is 10.2. The van der Waals surface area contributed by atoms with Crippen molar-refractivity contribution in [2.75, 3.05) is 38.3 Å². The largest absolute Gasteiger partial charge is 0.494 e. The Labute approximate surface area is 186 Å². The third kappa shape index (κ3) is 6.17. The Morgan fingerprint density at radius 1 is 1.20 bits per heavy atom. The predicted molar refractivity (Wildman–Crippen MR) is 126 cm³/mol. The molecule has 160 valence electrons. The van der Waals surface area contributed by atoms with E-state index < -0.39 is 0 Å². The Morgan fingerprint density at radius 2 is 1.97 bits per heavy atom. The van der Waals surface area contributed by atoms with Crippen molar-refractivity contribution in [3.63, 3.8) is 0 Å². The Hall–Kier alpha value is -2.16. The molecule has 30 heavy (non-hydrogen) atoms. The maximum Gasteiger partial charge on any atom is 0.225 e. The molecule has 0 atom stereocenters. The molecule has 8 heteroatoms. The number of thiophene rings is 1. The monoisotopic (exact) mass is 444 g/mol. The summed E-state index contributed by atoms with van der Waals surface area (Å²) in [5, 5.41) is 5.01. The predicted octanol–water partition coefficient (Wildman–Crippen LogP) is 4.76. The normalized spacial score (nSPS) is 11.2. The van der Waals surface area contributed by atoms with Gasteiger partial charge in [-0.15, -0.1) is 23.1 Å². The summed E-state index contributed by atoms with van der Waals surface area (Å²) < 4.78 is 5.72. The minimum absolute atomic E-state index is 0.00864. The topological polar surface area (TPSA) is 67.3 Å². The number of aryl methyl sites for hydroxylation is 2. The van der Waals surface area contributed by atoms with Gasteiger partial charge in [-0.25, -0.2) is 9.97 Å². The molecule has 0 aliphatic carbocycles. The first-order valence-corrected chi connectivity index (χ1v) is 11.7. The van der Waals surface area contributed by atoms with E-state index >= 15 is 0 Å². The lowest BCUT2D eigenvalue weighted by Crippen LogP contribution is -2.15. The van der Waals surface area contributed by atoms with Gasteiger partial charge in [-0.2, -0.15) is 0 Å². The molecule has 0 unspecified atom stereocenters. The maximum atomic E-state index is 12.3. The number of thioether (sulfide) groups is 1. The van der Waals surface area contributed by atoms with Crippen LogP contribution in [0, 0.1) is 13.8 Å². The average Bonchev–Trinajstić information content (AvgIpc) is 3.01. The Kier molecular flexibility index (Phi) is 8.07. The van der Waals surface area contributed by atoms with Crippen LogP contribution in [0.5, 0.6) is 5.75 Å². The molecule has 1 aromatic carbocycles. The van der Waals surface area contributed by atoms with Crippen molar-refractivity contribution in [1.29, 1.82) is 0 Å². The highest BCUT2D eigenvalue weighted by Crippen LogP contribution is 2.34. The van der Waals surface area contributed by atoms with Gasteiger partial charge in [-0.05, 0) is 64.2 Å². The van der Waals surface area contributed by atoms with E-state index in [0.29, 0.717) is 18.8 Å². The number of nitrogens with one attached hydrogen (secondary N) is 1. The van der Waals surface area contributed by atoms with Gasteiger partial charge in [0, 0.05) is 34.7 Å². The highest BCUT2D eigenvalue weighted by Gasteiger charge is 2.13. The first-order valence-electron chi connectivity index (χ1n) is 9.95. The first-order chi connectivity index (χ1) is 14.4. The van der Waals surface area contributed by atoms with Gasteiger partial charge < -0.3 is 15.0 Å². The van der Waals surface area contributed by atoms with Crippen molar-refractivity contribution >= 4 is 44.9 Å². The molecule has 0 aliphatic heterocycles. The van der Waals surface area contributed by atoms with E-state index in [9.17, 15) is 4.79 Å². The first kappa shape index (κ1) is 22.5. The molecule has 0 aliphatic rings. The van der Waals surface area contributed by atoms with Crippen LogP contribution in [0.4, 0.5) is 5.69 Å². The van der Waals surface area contributed by atoms with E-state index in [0.717, 1.165) is 39.6 Å². The van der Waals surface area contributed by atoms with Crippen LogP contribution in [0.3, 0.4) is 0 Å². The number of fused-ring (bicyclic) bond motifs is 1. The zero-order valence-electron chi connectivity index (χ0n) is 17.9. The van der Waals surface area contributed by atoms with Gasteiger partial charge in [0.1, 0.15) is 21.9 Å². The number of anilines is 1. The van der Waals surface area contributed by atoms with Crippen molar-refractivity contribution < 1.29 is 9.53 Å². The molecule has 0 saturated heterocycles. The third-order valence-corrected chi connectivity index (χ3v) is 6.76. The summed E-state index contributed by atoms with van der Waals surface area (Å²) in [6, 6.07) is 7.52. The SMILES string of the molecule is Cc1sc2ncnc(SCCC(=O)Nc3ccc(OCCCN(C)C)cc3)c2c1C. The van der Waals surface area contributed by atoms with Crippen molar-refractivity contribution in [1.82, 2.24) is 14.9 Å². The van der Waals surface area contributed by atoms with Crippen LogP contribution in [-0.4, -0.2) is 53.8 Å². The van der Waals surface area contributed by atoms with E-state index in [4.69, 9.17) is 4.74 Å². The fraction of sp³-hybridized carbons (Fsp3) is 0.409. The summed E-state index contributed by atoms with van der Waals surface area (Å²) in [5.41, 5.74) is 2.01. The summed E-state index contributed by atoms with van der Waals surface area (Å²) in [6.45, 7) is 5.88. The van der Waals surface area contributed by atoms with E-state index in [2.05, 4.69) is 34.0 Å². The van der Waals surface area contributed by atoms with Crippen molar-refractivity contribution in [3.05, 3.63) is 41.0 Å². The van der Waals surface area contributed by atoms with E-state index in [1.165, 1.54) is 10.4 Å².